The molecule has 1 amide bonds. The molecule has 2 saturated carbocycles. The predicted octanol–water partition coefficient (Wildman–Crippen LogP) is 2.80. The van der Waals surface area contributed by atoms with Crippen LogP contribution in [0.15, 0.2) is 0 Å². The van der Waals surface area contributed by atoms with Crippen LogP contribution in [-0.2, 0) is 4.79 Å². The number of carbonyl (C=O) groups is 1. The Morgan fingerprint density at radius 2 is 1.85 bits per heavy atom. The smallest absolute Gasteiger partial charge is 0.222 e. The lowest BCUT2D eigenvalue weighted by molar-refractivity contribution is -0.133. The molecule has 0 spiro atoms. The lowest BCUT2D eigenvalue weighted by Crippen LogP contribution is -2.51. The summed E-state index contributed by atoms with van der Waals surface area (Å²) in [5, 5.41) is 3.74. The van der Waals surface area contributed by atoms with Gasteiger partial charge in [0.1, 0.15) is 0 Å². The number of carbonyl (C=O) groups excluding carboxylic acids is 1. The molecule has 2 unspecified atom stereocenters. The van der Waals surface area contributed by atoms with E-state index in [0.29, 0.717) is 11.9 Å². The van der Waals surface area contributed by atoms with Crippen molar-refractivity contribution >= 4 is 5.91 Å². The van der Waals surface area contributed by atoms with Crippen LogP contribution in [0, 0.1) is 17.8 Å². The van der Waals surface area contributed by atoms with Crippen molar-refractivity contribution in [2.24, 2.45) is 17.8 Å². The largest absolute Gasteiger partial charge is 0.341 e. The third-order valence-electron chi connectivity index (χ3n) is 5.11. The average molecular weight is 278 g/mol. The molecule has 3 fully saturated rings. The normalized spacial score (nSPS) is 30.6. The second-order valence-corrected chi connectivity index (χ2v) is 7.38. The number of piperidine rings is 1. The van der Waals surface area contributed by atoms with Crippen molar-refractivity contribution in [3.8, 4) is 0 Å². The number of amides is 1. The Labute approximate surface area is 123 Å². The summed E-state index contributed by atoms with van der Waals surface area (Å²) < 4.78 is 0. The highest BCUT2D eigenvalue weighted by Crippen LogP contribution is 2.38. The molecule has 3 heteroatoms. The monoisotopic (exact) mass is 278 g/mol. The molecule has 20 heavy (non-hydrogen) atoms. The van der Waals surface area contributed by atoms with E-state index in [0.717, 1.165) is 43.7 Å². The molecule has 0 bridgehead atoms. The molecule has 0 aromatic carbocycles. The van der Waals surface area contributed by atoms with E-state index >= 15 is 0 Å². The third kappa shape index (κ3) is 4.21. The quantitative estimate of drug-likeness (QED) is 0.776. The summed E-state index contributed by atoms with van der Waals surface area (Å²) in [6.45, 7) is 5.26. The summed E-state index contributed by atoms with van der Waals surface area (Å²) >= 11 is 0. The molecule has 0 aromatic heterocycles. The summed E-state index contributed by atoms with van der Waals surface area (Å²) in [5.74, 6) is 3.03. The Morgan fingerprint density at radius 1 is 1.10 bits per heavy atom. The van der Waals surface area contributed by atoms with Crippen molar-refractivity contribution in [1.29, 1.82) is 0 Å². The summed E-state index contributed by atoms with van der Waals surface area (Å²) in [6.07, 6.45) is 10.0. The van der Waals surface area contributed by atoms with E-state index in [1.54, 1.807) is 0 Å². The lowest BCUT2D eigenvalue weighted by Gasteiger charge is -2.38. The van der Waals surface area contributed by atoms with E-state index < -0.39 is 0 Å². The van der Waals surface area contributed by atoms with Gasteiger partial charge in [0.05, 0.1) is 0 Å². The second kappa shape index (κ2) is 6.46. The molecule has 1 N–H and O–H groups in total. The van der Waals surface area contributed by atoms with Gasteiger partial charge in [0.25, 0.3) is 0 Å². The fourth-order valence-corrected chi connectivity index (χ4v) is 3.58. The molecular formula is C17H30N2O. The summed E-state index contributed by atoms with van der Waals surface area (Å²) in [4.78, 5) is 14.4. The molecule has 2 aliphatic carbocycles. The number of nitrogens with one attached hydrogen (secondary N) is 1. The standard InChI is InChI=1S/C17H30N2O/c1-2-3-17(20)19-11-15(8-13-4-5-13)9-16(12-19)18-10-14-6-7-14/h13-16,18H,2-12H2,1H3. The first-order chi connectivity index (χ1) is 9.74. The van der Waals surface area contributed by atoms with Gasteiger partial charge in [0, 0.05) is 25.6 Å². The van der Waals surface area contributed by atoms with Gasteiger partial charge in [-0.2, -0.15) is 0 Å². The minimum Gasteiger partial charge on any atom is -0.341 e. The fourth-order valence-electron chi connectivity index (χ4n) is 3.58. The molecule has 0 radical (unpaired) electrons. The Kier molecular flexibility index (Phi) is 4.65. The van der Waals surface area contributed by atoms with Crippen LogP contribution in [0.4, 0.5) is 0 Å². The van der Waals surface area contributed by atoms with E-state index in [1.807, 2.05) is 0 Å². The minimum atomic E-state index is 0.381. The molecule has 1 heterocycles. The van der Waals surface area contributed by atoms with Crippen molar-refractivity contribution in [3.05, 3.63) is 0 Å². The topological polar surface area (TPSA) is 32.3 Å². The first-order valence-electron chi connectivity index (χ1n) is 8.75. The number of hydrogen-bond acceptors (Lipinski definition) is 2. The zero-order valence-corrected chi connectivity index (χ0v) is 12.9. The van der Waals surface area contributed by atoms with Crippen LogP contribution in [0.2, 0.25) is 0 Å². The molecule has 1 aliphatic heterocycles. The molecule has 3 nitrogen and oxygen atoms in total. The second-order valence-electron chi connectivity index (χ2n) is 7.38. The average Bonchev–Trinajstić information content (AvgIpc) is 3.31. The van der Waals surface area contributed by atoms with E-state index in [9.17, 15) is 4.79 Å². The van der Waals surface area contributed by atoms with Gasteiger partial charge in [0.15, 0.2) is 0 Å². The van der Waals surface area contributed by atoms with Crippen LogP contribution >= 0.6 is 0 Å². The van der Waals surface area contributed by atoms with Crippen LogP contribution in [0.1, 0.15) is 58.3 Å². The van der Waals surface area contributed by atoms with E-state index in [2.05, 4.69) is 17.1 Å². The highest BCUT2D eigenvalue weighted by Gasteiger charge is 2.34. The van der Waals surface area contributed by atoms with E-state index in [1.165, 1.54) is 45.1 Å². The predicted molar refractivity (Wildman–Crippen MR) is 81.5 cm³/mol. The Bertz CT molecular complexity index is 336. The van der Waals surface area contributed by atoms with Gasteiger partial charge in [-0.25, -0.2) is 0 Å². The minimum absolute atomic E-state index is 0.381. The van der Waals surface area contributed by atoms with Crippen LogP contribution in [0.5, 0.6) is 0 Å². The molecular weight excluding hydrogens is 248 g/mol. The number of nitrogens with zero attached hydrogens (tertiary/aromatic N) is 1. The molecule has 0 aromatic rings. The van der Waals surface area contributed by atoms with E-state index in [4.69, 9.17) is 0 Å². The zero-order valence-electron chi connectivity index (χ0n) is 12.9. The number of rotatable bonds is 7. The van der Waals surface area contributed by atoms with Crippen LogP contribution in [0.25, 0.3) is 0 Å². The van der Waals surface area contributed by atoms with Gasteiger partial charge < -0.3 is 10.2 Å². The van der Waals surface area contributed by atoms with Gasteiger partial charge in [0.2, 0.25) is 5.91 Å². The van der Waals surface area contributed by atoms with Crippen molar-refractivity contribution in [3.63, 3.8) is 0 Å². The van der Waals surface area contributed by atoms with Crippen LogP contribution < -0.4 is 5.32 Å². The molecule has 3 rings (SSSR count). The van der Waals surface area contributed by atoms with Crippen LogP contribution in [-0.4, -0.2) is 36.5 Å². The van der Waals surface area contributed by atoms with Crippen molar-refractivity contribution < 1.29 is 4.79 Å². The van der Waals surface area contributed by atoms with Gasteiger partial charge in [-0.05, 0) is 56.4 Å². The zero-order chi connectivity index (χ0) is 13.9. The van der Waals surface area contributed by atoms with Gasteiger partial charge >= 0.3 is 0 Å². The van der Waals surface area contributed by atoms with Gasteiger partial charge in [-0.15, -0.1) is 0 Å². The Morgan fingerprint density at radius 3 is 2.50 bits per heavy atom. The van der Waals surface area contributed by atoms with Gasteiger partial charge in [-0.3, -0.25) is 4.79 Å². The molecule has 1 saturated heterocycles. The SMILES string of the molecule is CCCC(=O)N1CC(CC2CC2)CC(NCC2CC2)C1. The highest BCUT2D eigenvalue weighted by atomic mass is 16.2. The Hall–Kier alpha value is -0.570. The van der Waals surface area contributed by atoms with Crippen molar-refractivity contribution in [2.75, 3.05) is 19.6 Å². The maximum Gasteiger partial charge on any atom is 0.222 e. The summed E-state index contributed by atoms with van der Waals surface area (Å²) in [7, 11) is 0. The number of hydrogen-bond donors (Lipinski definition) is 1. The van der Waals surface area contributed by atoms with E-state index in [-0.39, 0.29) is 0 Å². The van der Waals surface area contributed by atoms with Crippen molar-refractivity contribution in [2.45, 2.75) is 64.3 Å². The molecule has 114 valence electrons. The maximum absolute atomic E-state index is 12.2. The fraction of sp³-hybridized carbons (Fsp3) is 0.941. The summed E-state index contributed by atoms with van der Waals surface area (Å²) in [6, 6.07) is 0.550. The lowest BCUT2D eigenvalue weighted by atomic mass is 9.89. The van der Waals surface area contributed by atoms with Crippen LogP contribution in [0.3, 0.4) is 0 Å². The number of likely N-dealkylation sites (tertiary alicyclic amines) is 1. The first kappa shape index (κ1) is 14.4. The molecule has 3 aliphatic rings. The summed E-state index contributed by atoms with van der Waals surface area (Å²) in [5.41, 5.74) is 0. The Balaban J connectivity index is 1.52. The van der Waals surface area contributed by atoms with Crippen molar-refractivity contribution in [1.82, 2.24) is 10.2 Å². The molecule has 2 atom stereocenters. The first-order valence-corrected chi connectivity index (χ1v) is 8.75. The maximum atomic E-state index is 12.2. The highest BCUT2D eigenvalue weighted by molar-refractivity contribution is 5.76. The van der Waals surface area contributed by atoms with Gasteiger partial charge in [-0.1, -0.05) is 19.8 Å². The third-order valence-corrected chi connectivity index (χ3v) is 5.11.